The van der Waals surface area contributed by atoms with Gasteiger partial charge >= 0.3 is 0 Å². The van der Waals surface area contributed by atoms with Gasteiger partial charge < -0.3 is 10.6 Å². The third kappa shape index (κ3) is 8.86. The molecule has 0 heterocycles. The molecular weight excluding hydrogens is 200 g/mol. The van der Waals surface area contributed by atoms with Crippen LogP contribution in [0.3, 0.4) is 0 Å². The summed E-state index contributed by atoms with van der Waals surface area (Å²) in [7, 11) is 1.85. The smallest absolute Gasteiger partial charge is 0.146 e. The summed E-state index contributed by atoms with van der Waals surface area (Å²) in [4.78, 5) is 11.1. The van der Waals surface area contributed by atoms with Gasteiger partial charge in [-0.25, -0.2) is 0 Å². The van der Waals surface area contributed by atoms with Crippen LogP contribution < -0.4 is 10.6 Å². The van der Waals surface area contributed by atoms with Gasteiger partial charge in [0.15, 0.2) is 0 Å². The van der Waals surface area contributed by atoms with E-state index in [1.165, 1.54) is 0 Å². The molecule has 0 aromatic heterocycles. The zero-order valence-corrected chi connectivity index (χ0v) is 11.5. The van der Waals surface area contributed by atoms with Crippen LogP contribution in [0.5, 0.6) is 0 Å². The van der Waals surface area contributed by atoms with Gasteiger partial charge in [-0.1, -0.05) is 27.2 Å². The van der Waals surface area contributed by atoms with Gasteiger partial charge in [-0.05, 0) is 45.3 Å². The molecule has 0 rings (SSSR count). The first-order valence-corrected chi connectivity index (χ1v) is 6.25. The van der Waals surface area contributed by atoms with Gasteiger partial charge in [0, 0.05) is 0 Å². The van der Waals surface area contributed by atoms with Gasteiger partial charge in [0.2, 0.25) is 0 Å². The normalized spacial score (nSPS) is 13.8. The van der Waals surface area contributed by atoms with Gasteiger partial charge in [0.25, 0.3) is 0 Å². The molecule has 0 saturated heterocycles. The fourth-order valence-electron chi connectivity index (χ4n) is 1.61. The van der Waals surface area contributed by atoms with Crippen LogP contribution in [0.25, 0.3) is 0 Å². The summed E-state index contributed by atoms with van der Waals surface area (Å²) < 4.78 is 0. The zero-order chi connectivity index (χ0) is 12.6. The Labute approximate surface area is 100 Å². The maximum atomic E-state index is 11.1. The van der Waals surface area contributed by atoms with E-state index in [0.717, 1.165) is 32.4 Å². The first kappa shape index (κ1) is 15.6. The number of hydrogen-bond donors (Lipinski definition) is 2. The van der Waals surface area contributed by atoms with Crippen molar-refractivity contribution < 1.29 is 4.79 Å². The summed E-state index contributed by atoms with van der Waals surface area (Å²) in [5.74, 6) is 0.241. The van der Waals surface area contributed by atoms with E-state index in [-0.39, 0.29) is 11.8 Å². The maximum Gasteiger partial charge on any atom is 0.146 e. The van der Waals surface area contributed by atoms with Gasteiger partial charge in [-0.3, -0.25) is 4.79 Å². The lowest BCUT2D eigenvalue weighted by atomic mass is 9.97. The summed E-state index contributed by atoms with van der Waals surface area (Å²) in [6.07, 6.45) is 3.19. The minimum Gasteiger partial charge on any atom is -0.316 e. The lowest BCUT2D eigenvalue weighted by Gasteiger charge is -2.19. The Kier molecular flexibility index (Phi) is 7.60. The van der Waals surface area contributed by atoms with E-state index in [0.29, 0.717) is 5.41 Å². The van der Waals surface area contributed by atoms with Crippen molar-refractivity contribution in [3.63, 3.8) is 0 Å². The second kappa shape index (κ2) is 7.80. The van der Waals surface area contributed by atoms with Gasteiger partial charge in [-0.15, -0.1) is 0 Å². The third-order valence-electron chi connectivity index (χ3n) is 2.59. The number of nitrogens with one attached hydrogen (secondary N) is 2. The molecule has 1 atom stereocenters. The van der Waals surface area contributed by atoms with Crippen molar-refractivity contribution in [1.29, 1.82) is 0 Å². The zero-order valence-electron chi connectivity index (χ0n) is 11.5. The molecule has 0 amide bonds. The molecule has 3 heteroatoms. The number of unbranched alkanes of at least 4 members (excludes halogenated alkanes) is 1. The summed E-state index contributed by atoms with van der Waals surface area (Å²) >= 11 is 0. The van der Waals surface area contributed by atoms with Crippen LogP contribution in [0.4, 0.5) is 0 Å². The van der Waals surface area contributed by atoms with Gasteiger partial charge in [0.05, 0.1) is 6.04 Å². The predicted molar refractivity (Wildman–Crippen MR) is 69.7 cm³/mol. The standard InChI is InChI=1S/C13H28N2O/c1-11(16)12(14-5)8-6-7-9-15-10-13(2,3)4/h12,14-15H,6-10H2,1-5H3. The molecule has 0 aliphatic heterocycles. The Balaban J connectivity index is 3.43. The Morgan fingerprint density at radius 1 is 1.25 bits per heavy atom. The SMILES string of the molecule is CNC(CCCCNCC(C)(C)C)C(C)=O. The van der Waals surface area contributed by atoms with E-state index in [2.05, 4.69) is 31.4 Å². The number of Topliss-reactive ketones (excluding diaryl/α,β-unsaturated/α-hetero) is 1. The van der Waals surface area contributed by atoms with Crippen LogP contribution in [-0.4, -0.2) is 32.0 Å². The van der Waals surface area contributed by atoms with E-state index >= 15 is 0 Å². The van der Waals surface area contributed by atoms with Crippen LogP contribution >= 0.6 is 0 Å². The average Bonchev–Trinajstić information content (AvgIpc) is 2.14. The molecule has 0 aromatic carbocycles. The minimum absolute atomic E-state index is 0.0441. The highest BCUT2D eigenvalue weighted by Crippen LogP contribution is 2.10. The molecule has 0 aliphatic carbocycles. The van der Waals surface area contributed by atoms with Crippen LogP contribution in [0.2, 0.25) is 0 Å². The maximum absolute atomic E-state index is 11.1. The van der Waals surface area contributed by atoms with E-state index in [1.807, 2.05) is 7.05 Å². The Morgan fingerprint density at radius 2 is 1.88 bits per heavy atom. The summed E-state index contributed by atoms with van der Waals surface area (Å²) in [6.45, 7) is 10.4. The highest BCUT2D eigenvalue weighted by Gasteiger charge is 2.11. The number of ketones is 1. The van der Waals surface area contributed by atoms with E-state index in [9.17, 15) is 4.79 Å². The molecule has 96 valence electrons. The second-order valence-corrected chi connectivity index (χ2v) is 5.69. The summed E-state index contributed by atoms with van der Waals surface area (Å²) in [6, 6.07) is 0.0441. The molecule has 0 spiro atoms. The molecule has 1 unspecified atom stereocenters. The lowest BCUT2D eigenvalue weighted by Crippen LogP contribution is -2.32. The van der Waals surface area contributed by atoms with Crippen molar-refractivity contribution in [3.05, 3.63) is 0 Å². The first-order chi connectivity index (χ1) is 7.37. The Morgan fingerprint density at radius 3 is 2.31 bits per heavy atom. The largest absolute Gasteiger partial charge is 0.316 e. The van der Waals surface area contributed by atoms with Crippen LogP contribution in [-0.2, 0) is 4.79 Å². The fraction of sp³-hybridized carbons (Fsp3) is 0.923. The topological polar surface area (TPSA) is 41.1 Å². The molecular formula is C13H28N2O. The third-order valence-corrected chi connectivity index (χ3v) is 2.59. The molecule has 0 fully saturated rings. The van der Waals surface area contributed by atoms with Crippen molar-refractivity contribution in [2.24, 2.45) is 5.41 Å². The van der Waals surface area contributed by atoms with Crippen molar-refractivity contribution in [1.82, 2.24) is 10.6 Å². The summed E-state index contributed by atoms with van der Waals surface area (Å²) in [5, 5.41) is 6.49. The quantitative estimate of drug-likeness (QED) is 0.624. The molecule has 0 radical (unpaired) electrons. The van der Waals surface area contributed by atoms with Crippen LogP contribution in [0.1, 0.15) is 47.0 Å². The van der Waals surface area contributed by atoms with Crippen molar-refractivity contribution in [2.75, 3.05) is 20.1 Å². The van der Waals surface area contributed by atoms with Crippen LogP contribution in [0, 0.1) is 5.41 Å². The lowest BCUT2D eigenvalue weighted by molar-refractivity contribution is -0.119. The fourth-order valence-corrected chi connectivity index (χ4v) is 1.61. The monoisotopic (exact) mass is 228 g/mol. The Hall–Kier alpha value is -0.410. The highest BCUT2D eigenvalue weighted by atomic mass is 16.1. The molecule has 3 nitrogen and oxygen atoms in total. The molecule has 0 aliphatic rings. The van der Waals surface area contributed by atoms with E-state index in [4.69, 9.17) is 0 Å². The molecule has 2 N–H and O–H groups in total. The molecule has 16 heavy (non-hydrogen) atoms. The number of hydrogen-bond acceptors (Lipinski definition) is 3. The van der Waals surface area contributed by atoms with Crippen molar-refractivity contribution in [3.8, 4) is 0 Å². The molecule has 0 aromatic rings. The highest BCUT2D eigenvalue weighted by molar-refractivity contribution is 5.81. The summed E-state index contributed by atoms with van der Waals surface area (Å²) in [5.41, 5.74) is 0.354. The number of carbonyl (C=O) groups is 1. The van der Waals surface area contributed by atoms with E-state index in [1.54, 1.807) is 6.92 Å². The second-order valence-electron chi connectivity index (χ2n) is 5.69. The average molecular weight is 228 g/mol. The first-order valence-electron chi connectivity index (χ1n) is 6.25. The van der Waals surface area contributed by atoms with Crippen molar-refractivity contribution >= 4 is 5.78 Å². The molecule has 0 bridgehead atoms. The van der Waals surface area contributed by atoms with Crippen molar-refractivity contribution in [2.45, 2.75) is 53.0 Å². The Bertz CT molecular complexity index is 197. The number of rotatable bonds is 8. The van der Waals surface area contributed by atoms with Gasteiger partial charge in [0.1, 0.15) is 5.78 Å². The predicted octanol–water partition coefficient (Wildman–Crippen LogP) is 1.97. The number of likely N-dealkylation sites (N-methyl/N-ethyl adjacent to an activating group) is 1. The minimum atomic E-state index is 0.0441. The van der Waals surface area contributed by atoms with Gasteiger partial charge in [-0.2, -0.15) is 0 Å². The molecule has 0 saturated carbocycles. The number of carbonyl (C=O) groups excluding carboxylic acids is 1. The van der Waals surface area contributed by atoms with Crippen LogP contribution in [0.15, 0.2) is 0 Å². The van der Waals surface area contributed by atoms with E-state index < -0.39 is 0 Å².